The number of aliphatic carboxylic acids is 1. The molecule has 2 atom stereocenters. The highest BCUT2D eigenvalue weighted by Gasteiger charge is 2.43. The Labute approximate surface area is 121 Å². The van der Waals surface area contributed by atoms with Gasteiger partial charge in [-0.15, -0.1) is 0 Å². The lowest BCUT2D eigenvalue weighted by Crippen LogP contribution is -2.35. The maximum absolute atomic E-state index is 11.6. The van der Waals surface area contributed by atoms with E-state index in [-0.39, 0.29) is 0 Å². The molecule has 110 valence electrons. The fourth-order valence-corrected chi connectivity index (χ4v) is 3.35. The van der Waals surface area contributed by atoms with Crippen LogP contribution in [0, 0.1) is 5.41 Å². The number of carboxylic acid groups (broad SMARTS) is 1. The molecule has 3 heteroatoms. The van der Waals surface area contributed by atoms with E-state index in [0.29, 0.717) is 12.5 Å². The van der Waals surface area contributed by atoms with Crippen molar-refractivity contribution in [1.82, 2.24) is 4.90 Å². The molecule has 1 aliphatic heterocycles. The summed E-state index contributed by atoms with van der Waals surface area (Å²) in [6.07, 6.45) is 2.52. The second-order valence-corrected chi connectivity index (χ2v) is 6.13. The van der Waals surface area contributed by atoms with Crippen LogP contribution in [0.5, 0.6) is 0 Å². The van der Waals surface area contributed by atoms with Crippen LogP contribution in [0.2, 0.25) is 0 Å². The van der Waals surface area contributed by atoms with Crippen LogP contribution < -0.4 is 0 Å². The van der Waals surface area contributed by atoms with Crippen LogP contribution in [0.15, 0.2) is 30.3 Å². The van der Waals surface area contributed by atoms with Crippen LogP contribution in [-0.4, -0.2) is 35.6 Å². The average Bonchev–Trinajstić information content (AvgIpc) is 2.84. The van der Waals surface area contributed by atoms with Crippen LogP contribution in [0.1, 0.15) is 44.6 Å². The van der Waals surface area contributed by atoms with Crippen molar-refractivity contribution in [2.75, 3.05) is 19.6 Å². The van der Waals surface area contributed by atoms with Gasteiger partial charge in [0, 0.05) is 13.1 Å². The Hall–Kier alpha value is -1.35. The Balaban J connectivity index is 1.97. The summed E-state index contributed by atoms with van der Waals surface area (Å²) in [5.41, 5.74) is 0.821. The molecule has 0 radical (unpaired) electrons. The Kier molecular flexibility index (Phi) is 4.81. The number of rotatable bonds is 6. The highest BCUT2D eigenvalue weighted by Crippen LogP contribution is 2.36. The van der Waals surface area contributed by atoms with Gasteiger partial charge >= 0.3 is 5.97 Å². The lowest BCUT2D eigenvalue weighted by Gasteiger charge is -2.26. The minimum Gasteiger partial charge on any atom is -0.481 e. The van der Waals surface area contributed by atoms with Crippen molar-refractivity contribution >= 4 is 5.97 Å². The first-order valence-corrected chi connectivity index (χ1v) is 7.58. The van der Waals surface area contributed by atoms with E-state index in [1.807, 2.05) is 6.07 Å². The smallest absolute Gasteiger partial charge is 0.310 e. The largest absolute Gasteiger partial charge is 0.481 e. The standard InChI is InChI=1S/C17H25NO2/c1-3-9-17(16(19)20)10-11-18(13-17)12-14(2)15-7-5-4-6-8-15/h4-8,14H,3,9-13H2,1-2H3,(H,19,20). The first-order chi connectivity index (χ1) is 9.57. The predicted octanol–water partition coefficient (Wildman–Crippen LogP) is 3.37. The molecular weight excluding hydrogens is 250 g/mol. The monoisotopic (exact) mass is 275 g/mol. The number of likely N-dealkylation sites (tertiary alicyclic amines) is 1. The SMILES string of the molecule is CCCC1(C(=O)O)CCN(CC(C)c2ccccc2)C1. The van der Waals surface area contributed by atoms with E-state index in [0.717, 1.165) is 32.4 Å². The second-order valence-electron chi connectivity index (χ2n) is 6.13. The molecule has 1 N–H and O–H groups in total. The molecule has 2 unspecified atom stereocenters. The molecule has 3 nitrogen and oxygen atoms in total. The Morgan fingerprint density at radius 3 is 2.70 bits per heavy atom. The quantitative estimate of drug-likeness (QED) is 0.865. The zero-order valence-electron chi connectivity index (χ0n) is 12.5. The summed E-state index contributed by atoms with van der Waals surface area (Å²) < 4.78 is 0. The van der Waals surface area contributed by atoms with E-state index in [1.165, 1.54) is 5.56 Å². The maximum atomic E-state index is 11.6. The third kappa shape index (κ3) is 3.21. The molecular formula is C17H25NO2. The third-order valence-corrected chi connectivity index (χ3v) is 4.52. The molecule has 20 heavy (non-hydrogen) atoms. The van der Waals surface area contributed by atoms with Gasteiger partial charge in [-0.2, -0.15) is 0 Å². The van der Waals surface area contributed by atoms with Gasteiger partial charge in [-0.05, 0) is 30.9 Å². The Morgan fingerprint density at radius 2 is 2.10 bits per heavy atom. The van der Waals surface area contributed by atoms with Crippen molar-refractivity contribution < 1.29 is 9.90 Å². The minimum atomic E-state index is -0.616. The fourth-order valence-electron chi connectivity index (χ4n) is 3.35. The van der Waals surface area contributed by atoms with Crippen LogP contribution in [0.3, 0.4) is 0 Å². The molecule has 0 saturated carbocycles. The molecule has 1 fully saturated rings. The highest BCUT2D eigenvalue weighted by molar-refractivity contribution is 5.75. The topological polar surface area (TPSA) is 40.5 Å². The van der Waals surface area contributed by atoms with Crippen LogP contribution >= 0.6 is 0 Å². The van der Waals surface area contributed by atoms with Crippen molar-refractivity contribution in [2.24, 2.45) is 5.41 Å². The Morgan fingerprint density at radius 1 is 1.40 bits per heavy atom. The molecule has 2 rings (SSSR count). The van der Waals surface area contributed by atoms with Crippen molar-refractivity contribution in [1.29, 1.82) is 0 Å². The van der Waals surface area contributed by atoms with Crippen molar-refractivity contribution in [3.8, 4) is 0 Å². The summed E-state index contributed by atoms with van der Waals surface area (Å²) in [6.45, 7) is 6.84. The van der Waals surface area contributed by atoms with Gasteiger partial charge in [0.25, 0.3) is 0 Å². The fraction of sp³-hybridized carbons (Fsp3) is 0.588. The highest BCUT2D eigenvalue weighted by atomic mass is 16.4. The van der Waals surface area contributed by atoms with E-state index in [2.05, 4.69) is 43.0 Å². The summed E-state index contributed by atoms with van der Waals surface area (Å²) in [7, 11) is 0. The van der Waals surface area contributed by atoms with Crippen molar-refractivity contribution in [3.05, 3.63) is 35.9 Å². The molecule has 0 aliphatic carbocycles. The molecule has 1 saturated heterocycles. The average molecular weight is 275 g/mol. The molecule has 1 aliphatic rings. The number of carbonyl (C=O) groups is 1. The number of hydrogen-bond acceptors (Lipinski definition) is 2. The summed E-state index contributed by atoms with van der Waals surface area (Å²) in [5.74, 6) is -0.170. The third-order valence-electron chi connectivity index (χ3n) is 4.52. The van der Waals surface area contributed by atoms with E-state index in [4.69, 9.17) is 0 Å². The Bertz CT molecular complexity index is 446. The van der Waals surface area contributed by atoms with Crippen LogP contribution in [-0.2, 0) is 4.79 Å². The maximum Gasteiger partial charge on any atom is 0.310 e. The van der Waals surface area contributed by atoms with Gasteiger partial charge in [0.15, 0.2) is 0 Å². The predicted molar refractivity (Wildman–Crippen MR) is 80.9 cm³/mol. The molecule has 0 bridgehead atoms. The summed E-state index contributed by atoms with van der Waals surface area (Å²) in [5, 5.41) is 9.54. The molecule has 0 aromatic heterocycles. The van der Waals surface area contributed by atoms with E-state index in [1.54, 1.807) is 0 Å². The van der Waals surface area contributed by atoms with Crippen LogP contribution in [0.4, 0.5) is 0 Å². The second kappa shape index (κ2) is 6.40. The van der Waals surface area contributed by atoms with E-state index in [9.17, 15) is 9.90 Å². The first-order valence-electron chi connectivity index (χ1n) is 7.58. The molecule has 1 aromatic rings. The van der Waals surface area contributed by atoms with Gasteiger partial charge in [0.2, 0.25) is 0 Å². The van der Waals surface area contributed by atoms with Gasteiger partial charge in [-0.25, -0.2) is 0 Å². The van der Waals surface area contributed by atoms with Gasteiger partial charge in [-0.3, -0.25) is 4.79 Å². The lowest BCUT2D eigenvalue weighted by atomic mass is 9.83. The molecule has 1 aromatic carbocycles. The van der Waals surface area contributed by atoms with Gasteiger partial charge in [0.05, 0.1) is 5.41 Å². The number of hydrogen-bond donors (Lipinski definition) is 1. The van der Waals surface area contributed by atoms with Gasteiger partial charge in [0.1, 0.15) is 0 Å². The minimum absolute atomic E-state index is 0.447. The van der Waals surface area contributed by atoms with E-state index >= 15 is 0 Å². The summed E-state index contributed by atoms with van der Waals surface area (Å²) >= 11 is 0. The molecule has 0 amide bonds. The molecule has 1 heterocycles. The van der Waals surface area contributed by atoms with Gasteiger partial charge < -0.3 is 10.0 Å². The zero-order chi connectivity index (χ0) is 14.6. The first kappa shape index (κ1) is 15.0. The summed E-state index contributed by atoms with van der Waals surface area (Å²) in [6, 6.07) is 10.5. The van der Waals surface area contributed by atoms with Crippen molar-refractivity contribution in [2.45, 2.75) is 39.0 Å². The van der Waals surface area contributed by atoms with Crippen molar-refractivity contribution in [3.63, 3.8) is 0 Å². The number of nitrogens with zero attached hydrogens (tertiary/aromatic N) is 1. The number of carboxylic acids is 1. The van der Waals surface area contributed by atoms with E-state index < -0.39 is 11.4 Å². The zero-order valence-corrected chi connectivity index (χ0v) is 12.5. The van der Waals surface area contributed by atoms with Gasteiger partial charge in [-0.1, -0.05) is 50.6 Å². The van der Waals surface area contributed by atoms with Crippen LogP contribution in [0.25, 0.3) is 0 Å². The summed E-state index contributed by atoms with van der Waals surface area (Å²) in [4.78, 5) is 13.9. The lowest BCUT2D eigenvalue weighted by molar-refractivity contribution is -0.148. The normalized spacial score (nSPS) is 24.7. The molecule has 0 spiro atoms. The number of benzene rings is 1.